The van der Waals surface area contributed by atoms with Gasteiger partial charge in [-0.25, -0.2) is 0 Å². The molecule has 0 aliphatic carbocycles. The Morgan fingerprint density at radius 2 is 1.56 bits per heavy atom. The van der Waals surface area contributed by atoms with Crippen LogP contribution in [-0.2, 0) is 13.1 Å². The average Bonchev–Trinajstić information content (AvgIpc) is 3.30. The van der Waals surface area contributed by atoms with E-state index in [0.717, 1.165) is 30.9 Å². The molecule has 0 fully saturated rings. The number of nitrogens with one attached hydrogen (secondary N) is 4. The lowest BCUT2D eigenvalue weighted by Gasteiger charge is -2.20. The first-order valence-electron chi connectivity index (χ1n) is 8.28. The highest BCUT2D eigenvalue weighted by molar-refractivity contribution is 7.80. The fourth-order valence-electron chi connectivity index (χ4n) is 2.20. The van der Waals surface area contributed by atoms with Crippen LogP contribution in [0, 0.1) is 0 Å². The minimum absolute atomic E-state index is 0.275. The summed E-state index contributed by atoms with van der Waals surface area (Å²) in [6, 6.07) is 7.80. The number of hydrogen-bond donors (Lipinski definition) is 4. The van der Waals surface area contributed by atoms with Crippen LogP contribution in [0.25, 0.3) is 0 Å². The van der Waals surface area contributed by atoms with E-state index in [1.165, 1.54) is 0 Å². The summed E-state index contributed by atoms with van der Waals surface area (Å²) in [6.45, 7) is 4.04. The lowest BCUT2D eigenvalue weighted by molar-refractivity contribution is 0.495. The van der Waals surface area contributed by atoms with E-state index in [-0.39, 0.29) is 6.04 Å². The molecule has 0 radical (unpaired) electrons. The van der Waals surface area contributed by atoms with Gasteiger partial charge in [0.25, 0.3) is 0 Å². The summed E-state index contributed by atoms with van der Waals surface area (Å²) >= 11 is 10.6. The molecule has 0 spiro atoms. The predicted octanol–water partition coefficient (Wildman–Crippen LogP) is 2.67. The number of furan rings is 2. The molecule has 1 atom stereocenters. The van der Waals surface area contributed by atoms with E-state index in [1.54, 1.807) is 12.5 Å². The predicted molar refractivity (Wildman–Crippen MR) is 106 cm³/mol. The largest absolute Gasteiger partial charge is 0.467 e. The van der Waals surface area contributed by atoms with Crippen LogP contribution in [0.5, 0.6) is 0 Å². The molecule has 0 aliphatic rings. The summed E-state index contributed by atoms with van der Waals surface area (Å²) < 4.78 is 10.5. The molecule has 8 heteroatoms. The Morgan fingerprint density at radius 3 is 2.08 bits per heavy atom. The van der Waals surface area contributed by atoms with Gasteiger partial charge in [0.15, 0.2) is 10.2 Å². The van der Waals surface area contributed by atoms with Crippen LogP contribution in [-0.4, -0.2) is 22.8 Å². The molecule has 0 bridgehead atoms. The van der Waals surface area contributed by atoms with E-state index < -0.39 is 0 Å². The number of rotatable bonds is 9. The molecule has 2 aromatic rings. The van der Waals surface area contributed by atoms with E-state index in [4.69, 9.17) is 33.3 Å². The van der Waals surface area contributed by atoms with Gasteiger partial charge in [-0.3, -0.25) is 0 Å². The zero-order chi connectivity index (χ0) is 17.9. The third-order valence-electron chi connectivity index (χ3n) is 3.61. The van der Waals surface area contributed by atoms with Crippen molar-refractivity contribution < 1.29 is 8.83 Å². The first kappa shape index (κ1) is 19.3. The fraction of sp³-hybridized carbons (Fsp3) is 0.412. The second-order valence-corrected chi connectivity index (χ2v) is 6.31. The van der Waals surface area contributed by atoms with Gasteiger partial charge in [0.05, 0.1) is 25.6 Å². The molecule has 0 saturated carbocycles. The minimum atomic E-state index is 0.275. The van der Waals surface area contributed by atoms with Crippen LogP contribution >= 0.6 is 24.4 Å². The van der Waals surface area contributed by atoms with Crippen molar-refractivity contribution in [2.75, 3.05) is 6.54 Å². The highest BCUT2D eigenvalue weighted by Crippen LogP contribution is 2.00. The van der Waals surface area contributed by atoms with Gasteiger partial charge in [0, 0.05) is 12.6 Å². The van der Waals surface area contributed by atoms with Crippen LogP contribution in [0.3, 0.4) is 0 Å². The highest BCUT2D eigenvalue weighted by atomic mass is 32.1. The molecular formula is C17H24N4O2S2. The minimum Gasteiger partial charge on any atom is -0.467 e. The van der Waals surface area contributed by atoms with Gasteiger partial charge >= 0.3 is 0 Å². The molecule has 2 rings (SSSR count). The molecule has 136 valence electrons. The summed E-state index contributed by atoms with van der Waals surface area (Å²) in [5.74, 6) is 1.71. The fourth-order valence-corrected chi connectivity index (χ4v) is 2.61. The molecule has 4 N–H and O–H groups in total. The molecule has 0 unspecified atom stereocenters. The lowest BCUT2D eigenvalue weighted by atomic mass is 10.1. The van der Waals surface area contributed by atoms with Gasteiger partial charge in [0.1, 0.15) is 11.5 Å². The molecule has 6 nitrogen and oxygen atoms in total. The van der Waals surface area contributed by atoms with Gasteiger partial charge in [0.2, 0.25) is 0 Å². The van der Waals surface area contributed by atoms with Crippen molar-refractivity contribution in [2.45, 2.75) is 38.9 Å². The maximum Gasteiger partial charge on any atom is 0.166 e. The SMILES string of the molecule is CC[C@H](CCNC(=S)NCc1ccco1)NC(=S)NCc1ccco1. The molecule has 0 aromatic carbocycles. The summed E-state index contributed by atoms with van der Waals surface area (Å²) in [4.78, 5) is 0. The quantitative estimate of drug-likeness (QED) is 0.495. The van der Waals surface area contributed by atoms with Crippen LogP contribution in [0.2, 0.25) is 0 Å². The van der Waals surface area contributed by atoms with E-state index >= 15 is 0 Å². The van der Waals surface area contributed by atoms with E-state index in [1.807, 2.05) is 24.3 Å². The van der Waals surface area contributed by atoms with Crippen LogP contribution in [0.4, 0.5) is 0 Å². The zero-order valence-electron chi connectivity index (χ0n) is 14.2. The molecule has 0 saturated heterocycles. The number of hydrogen-bond acceptors (Lipinski definition) is 4. The monoisotopic (exact) mass is 380 g/mol. The van der Waals surface area contributed by atoms with E-state index in [0.29, 0.717) is 23.3 Å². The Hall–Kier alpha value is -2.06. The van der Waals surface area contributed by atoms with Gasteiger partial charge in [-0.15, -0.1) is 0 Å². The smallest absolute Gasteiger partial charge is 0.166 e. The van der Waals surface area contributed by atoms with Crippen LogP contribution in [0.15, 0.2) is 45.6 Å². The first-order chi connectivity index (χ1) is 12.2. The van der Waals surface area contributed by atoms with Crippen LogP contribution < -0.4 is 21.3 Å². The Kier molecular flexibility index (Phi) is 8.27. The second kappa shape index (κ2) is 10.7. The third-order valence-corrected chi connectivity index (χ3v) is 4.16. The summed E-state index contributed by atoms with van der Waals surface area (Å²) in [6.07, 6.45) is 5.17. The maximum atomic E-state index is 5.33. The Morgan fingerprint density at radius 1 is 0.960 bits per heavy atom. The molecule has 2 heterocycles. The van der Waals surface area contributed by atoms with Crippen molar-refractivity contribution in [2.24, 2.45) is 0 Å². The molecule has 25 heavy (non-hydrogen) atoms. The van der Waals surface area contributed by atoms with Crippen LogP contribution in [0.1, 0.15) is 31.3 Å². The number of thiocarbonyl (C=S) groups is 2. The summed E-state index contributed by atoms with van der Waals surface area (Å²) in [7, 11) is 0. The summed E-state index contributed by atoms with van der Waals surface area (Å²) in [5, 5.41) is 14.0. The second-order valence-electron chi connectivity index (χ2n) is 5.49. The average molecular weight is 381 g/mol. The van der Waals surface area contributed by atoms with Gasteiger partial charge in [-0.1, -0.05) is 6.92 Å². The summed E-state index contributed by atoms with van der Waals surface area (Å²) in [5.41, 5.74) is 0. The Balaban J connectivity index is 1.58. The zero-order valence-corrected chi connectivity index (χ0v) is 15.8. The van der Waals surface area contributed by atoms with Crippen molar-refractivity contribution in [1.82, 2.24) is 21.3 Å². The van der Waals surface area contributed by atoms with Crippen molar-refractivity contribution in [3.05, 3.63) is 48.3 Å². The van der Waals surface area contributed by atoms with Gasteiger partial charge in [-0.05, 0) is 61.5 Å². The van der Waals surface area contributed by atoms with E-state index in [2.05, 4.69) is 28.2 Å². The molecule has 2 aromatic heterocycles. The standard InChI is InChI=1S/C17H24N4O2S2/c1-2-13(21-17(25)20-12-15-6-4-10-23-15)7-8-18-16(24)19-11-14-5-3-9-22-14/h3-6,9-10,13H,2,7-8,11-12H2,1H3,(H2,18,19,24)(H2,20,21,25)/t13-/m1/s1. The Bertz CT molecular complexity index is 629. The van der Waals surface area contributed by atoms with Crippen molar-refractivity contribution in [3.63, 3.8) is 0 Å². The topological polar surface area (TPSA) is 74.4 Å². The first-order valence-corrected chi connectivity index (χ1v) is 9.10. The molecule has 0 amide bonds. The maximum absolute atomic E-state index is 5.33. The van der Waals surface area contributed by atoms with Crippen molar-refractivity contribution in [1.29, 1.82) is 0 Å². The van der Waals surface area contributed by atoms with E-state index in [9.17, 15) is 0 Å². The Labute approximate surface area is 158 Å². The van der Waals surface area contributed by atoms with Gasteiger partial charge < -0.3 is 30.1 Å². The normalized spacial score (nSPS) is 11.6. The highest BCUT2D eigenvalue weighted by Gasteiger charge is 2.08. The molecule has 0 aliphatic heterocycles. The van der Waals surface area contributed by atoms with Crippen molar-refractivity contribution >= 4 is 34.7 Å². The van der Waals surface area contributed by atoms with Gasteiger partial charge in [-0.2, -0.15) is 0 Å². The third kappa shape index (κ3) is 7.57. The lowest BCUT2D eigenvalue weighted by Crippen LogP contribution is -2.43. The molecular weight excluding hydrogens is 356 g/mol. The van der Waals surface area contributed by atoms with Crippen molar-refractivity contribution in [3.8, 4) is 0 Å².